The highest BCUT2D eigenvalue weighted by Crippen LogP contribution is 2.16. The molecule has 0 amide bonds. The van der Waals surface area contributed by atoms with Gasteiger partial charge in [-0.2, -0.15) is 0 Å². The van der Waals surface area contributed by atoms with Crippen molar-refractivity contribution in [3.05, 3.63) is 31.1 Å². The number of aromatic amines is 2. The highest BCUT2D eigenvalue weighted by molar-refractivity contribution is 7.78. The first kappa shape index (κ1) is 13.4. The van der Waals surface area contributed by atoms with E-state index in [0.29, 0.717) is 0 Å². The van der Waals surface area contributed by atoms with Crippen LogP contribution in [0.1, 0.15) is 0 Å². The van der Waals surface area contributed by atoms with Gasteiger partial charge in [-0.15, -0.1) is 0 Å². The van der Waals surface area contributed by atoms with Gasteiger partial charge in [0.25, 0.3) is 11.1 Å². The lowest BCUT2D eigenvalue weighted by Crippen LogP contribution is -2.60. The van der Waals surface area contributed by atoms with Crippen LogP contribution in [0.2, 0.25) is 0 Å². The summed E-state index contributed by atoms with van der Waals surface area (Å²) in [5.41, 5.74) is 3.63. The van der Waals surface area contributed by atoms with Crippen LogP contribution in [0.3, 0.4) is 0 Å². The monoisotopic (exact) mass is 293 g/mol. The van der Waals surface area contributed by atoms with Gasteiger partial charge in [0.1, 0.15) is 6.04 Å². The van der Waals surface area contributed by atoms with E-state index >= 15 is 0 Å². The molecular weight excluding hydrogens is 286 g/mol. The molecule has 2 rings (SSSR count). The van der Waals surface area contributed by atoms with E-state index in [2.05, 4.69) is 54.9 Å². The molecule has 19 heavy (non-hydrogen) atoms. The fourth-order valence-corrected chi connectivity index (χ4v) is 2.06. The predicted octanol–water partition coefficient (Wildman–Crippen LogP) is -2.13. The van der Waals surface area contributed by atoms with Crippen LogP contribution in [0.25, 0.3) is 12.2 Å². The maximum Gasteiger partial charge on any atom is 0.270 e. The Kier molecular flexibility index (Phi) is 3.48. The molecule has 1 aromatic rings. The highest BCUT2D eigenvalue weighted by atomic mass is 32.1. The summed E-state index contributed by atoms with van der Waals surface area (Å²) in [5.74, 6) is 0. The predicted molar refractivity (Wildman–Crippen MR) is 76.6 cm³/mol. The third kappa shape index (κ3) is 2.28. The Bertz CT molecular complexity index is 857. The van der Waals surface area contributed by atoms with Gasteiger partial charge in [-0.1, -0.05) is 0 Å². The molecule has 2 unspecified atom stereocenters. The summed E-state index contributed by atoms with van der Waals surface area (Å²) in [6, 6.07) is -0.782. The average molecular weight is 293 g/mol. The number of H-pyrrole nitrogens is 2. The second kappa shape index (κ2) is 4.93. The van der Waals surface area contributed by atoms with E-state index < -0.39 is 22.8 Å². The molecule has 0 aliphatic heterocycles. The molecular formula is C10H7N5O2S2. The Hall–Kier alpha value is -2.02. The van der Waals surface area contributed by atoms with Gasteiger partial charge in [0.2, 0.25) is 0 Å². The number of nitrogens with one attached hydrogen (secondary N) is 2. The van der Waals surface area contributed by atoms with E-state index in [1.807, 2.05) is 0 Å². The summed E-state index contributed by atoms with van der Waals surface area (Å²) in [6.45, 7) is 0. The van der Waals surface area contributed by atoms with Crippen molar-refractivity contribution in [2.75, 3.05) is 0 Å². The molecule has 1 heterocycles. The number of nitrogens with two attached hydrogens (primary N) is 1. The second-order valence-corrected chi connectivity index (χ2v) is 4.17. The Morgan fingerprint density at radius 1 is 1.21 bits per heavy atom. The van der Waals surface area contributed by atoms with E-state index in [-0.39, 0.29) is 10.4 Å². The lowest BCUT2D eigenvalue weighted by molar-refractivity contribution is 0.542. The van der Waals surface area contributed by atoms with Crippen molar-refractivity contribution in [2.24, 2.45) is 15.7 Å². The molecule has 0 fully saturated rings. The minimum Gasteiger partial charge on any atom is -0.301 e. The van der Waals surface area contributed by atoms with Crippen LogP contribution in [0.15, 0.2) is 19.6 Å². The summed E-state index contributed by atoms with van der Waals surface area (Å²) in [6.07, 6.45) is 2.72. The number of aromatic nitrogens is 2. The topological polar surface area (TPSA) is 116 Å². The van der Waals surface area contributed by atoms with Gasteiger partial charge < -0.3 is 5.73 Å². The van der Waals surface area contributed by atoms with E-state index in [1.54, 1.807) is 0 Å². The molecule has 1 aromatic heterocycles. The first-order valence-electron chi connectivity index (χ1n) is 5.02. The van der Waals surface area contributed by atoms with Crippen molar-refractivity contribution in [2.45, 2.75) is 11.7 Å². The summed E-state index contributed by atoms with van der Waals surface area (Å²) in [4.78, 5) is 31.0. The number of nitrogens with zero attached hydrogens (tertiary/aromatic N) is 2. The average Bonchev–Trinajstić information content (AvgIpc) is 2.36. The Balaban J connectivity index is 2.96. The number of hydrogen-bond acceptors (Lipinski definition) is 7. The second-order valence-electron chi connectivity index (χ2n) is 3.80. The lowest BCUT2D eigenvalue weighted by Gasteiger charge is -2.25. The molecule has 0 bridgehead atoms. The number of hydrogen-bond donors (Lipinski definition) is 3. The zero-order valence-corrected chi connectivity index (χ0v) is 11.0. The standard InChI is InChI=1S/C10H7N5O2S2/c11-10(13-4-19)2-6-5(1-7(10)12-3-18)8(16)14-15-9(6)17/h1-2,7H,11H2,(H,14,16)(H,15,17). The molecule has 0 spiro atoms. The van der Waals surface area contributed by atoms with Gasteiger partial charge in [0, 0.05) is 0 Å². The highest BCUT2D eigenvalue weighted by Gasteiger charge is 2.33. The quantitative estimate of drug-likeness (QED) is 0.425. The van der Waals surface area contributed by atoms with Crippen molar-refractivity contribution in [1.29, 1.82) is 0 Å². The van der Waals surface area contributed by atoms with E-state index in [4.69, 9.17) is 5.73 Å². The molecule has 0 saturated carbocycles. The van der Waals surface area contributed by atoms with E-state index in [1.165, 1.54) is 12.2 Å². The van der Waals surface area contributed by atoms with Gasteiger partial charge in [-0.05, 0) is 36.6 Å². The largest absolute Gasteiger partial charge is 0.301 e. The first-order chi connectivity index (χ1) is 9.01. The third-order valence-electron chi connectivity index (χ3n) is 2.67. The van der Waals surface area contributed by atoms with Gasteiger partial charge >= 0.3 is 0 Å². The number of aliphatic imine (C=N–C) groups is 2. The van der Waals surface area contributed by atoms with Crippen LogP contribution in [0, 0.1) is 0 Å². The fourth-order valence-electron chi connectivity index (χ4n) is 1.78. The Morgan fingerprint density at radius 3 is 2.42 bits per heavy atom. The van der Waals surface area contributed by atoms with Crippen molar-refractivity contribution in [1.82, 2.24) is 10.2 Å². The molecule has 9 heteroatoms. The summed E-state index contributed by atoms with van der Waals surface area (Å²) in [7, 11) is 0. The van der Waals surface area contributed by atoms with Crippen LogP contribution >= 0.6 is 24.4 Å². The SMILES string of the molecule is NC1(N=C=S)C=c2c(=O)[nH][nH]c(=O)c2=CC1N=C=S. The summed E-state index contributed by atoms with van der Waals surface area (Å²) in [5, 5.41) is 8.99. The van der Waals surface area contributed by atoms with E-state index in [9.17, 15) is 9.59 Å². The fraction of sp³-hybridized carbons (Fsp3) is 0.200. The van der Waals surface area contributed by atoms with Crippen molar-refractivity contribution in [3.63, 3.8) is 0 Å². The Morgan fingerprint density at radius 2 is 1.84 bits per heavy atom. The van der Waals surface area contributed by atoms with E-state index in [0.717, 1.165) is 0 Å². The molecule has 96 valence electrons. The van der Waals surface area contributed by atoms with Crippen molar-refractivity contribution < 1.29 is 0 Å². The molecule has 1 aliphatic carbocycles. The van der Waals surface area contributed by atoms with Crippen LogP contribution in [0.4, 0.5) is 0 Å². The van der Waals surface area contributed by atoms with Gasteiger partial charge in [-0.25, -0.2) is 9.98 Å². The third-order valence-corrected chi connectivity index (χ3v) is 2.87. The molecule has 7 nitrogen and oxygen atoms in total. The maximum atomic E-state index is 11.7. The van der Waals surface area contributed by atoms with Gasteiger partial charge in [0.15, 0.2) is 5.66 Å². The van der Waals surface area contributed by atoms with Crippen LogP contribution in [0.5, 0.6) is 0 Å². The maximum absolute atomic E-state index is 11.7. The van der Waals surface area contributed by atoms with Crippen LogP contribution < -0.4 is 27.3 Å². The molecule has 0 radical (unpaired) electrons. The number of fused-ring (bicyclic) bond motifs is 1. The number of isothiocyanates is 2. The van der Waals surface area contributed by atoms with Crippen LogP contribution in [-0.2, 0) is 0 Å². The van der Waals surface area contributed by atoms with Crippen LogP contribution in [-0.4, -0.2) is 32.2 Å². The zero-order valence-electron chi connectivity index (χ0n) is 9.34. The minimum atomic E-state index is -1.42. The summed E-state index contributed by atoms with van der Waals surface area (Å²) < 4.78 is 0. The minimum absolute atomic E-state index is 0.107. The Labute approximate surface area is 116 Å². The zero-order chi connectivity index (χ0) is 14.0. The smallest absolute Gasteiger partial charge is 0.270 e. The number of rotatable bonds is 2. The molecule has 0 saturated heterocycles. The van der Waals surface area contributed by atoms with Crippen molar-refractivity contribution in [3.8, 4) is 0 Å². The van der Waals surface area contributed by atoms with Gasteiger partial charge in [-0.3, -0.25) is 19.8 Å². The normalized spacial score (nSPS) is 23.9. The molecule has 4 N–H and O–H groups in total. The lowest BCUT2D eigenvalue weighted by atomic mass is 9.95. The molecule has 1 aliphatic rings. The molecule has 0 aromatic carbocycles. The number of thiocarbonyl (C=S) groups is 2. The van der Waals surface area contributed by atoms with Crippen molar-refractivity contribution >= 4 is 46.9 Å². The van der Waals surface area contributed by atoms with Gasteiger partial charge in [0.05, 0.1) is 20.8 Å². The summed E-state index contributed by atoms with van der Waals surface area (Å²) >= 11 is 9.06. The first-order valence-corrected chi connectivity index (χ1v) is 5.84. The molecule has 2 atom stereocenters.